The lowest BCUT2D eigenvalue weighted by Crippen LogP contribution is -2.52. The van der Waals surface area contributed by atoms with Gasteiger partial charge in [0.15, 0.2) is 0 Å². The normalized spacial score (nSPS) is 22.5. The van der Waals surface area contributed by atoms with Crippen LogP contribution in [0.1, 0.15) is 49.8 Å². The topological polar surface area (TPSA) is 108 Å². The molecule has 10 heteroatoms. The van der Waals surface area contributed by atoms with Crippen LogP contribution in [0, 0.1) is 5.41 Å². The van der Waals surface area contributed by atoms with Gasteiger partial charge in [0.25, 0.3) is 0 Å². The van der Waals surface area contributed by atoms with Gasteiger partial charge in [0.2, 0.25) is 11.8 Å². The van der Waals surface area contributed by atoms with Crippen molar-refractivity contribution in [3.05, 3.63) is 41.7 Å². The van der Waals surface area contributed by atoms with Gasteiger partial charge in [-0.05, 0) is 56.2 Å². The highest BCUT2D eigenvalue weighted by Gasteiger charge is 2.43. The molecule has 1 N–H and O–H groups in total. The van der Waals surface area contributed by atoms with E-state index in [2.05, 4.69) is 15.6 Å². The van der Waals surface area contributed by atoms with E-state index >= 15 is 0 Å². The molecule has 206 valence electrons. The van der Waals surface area contributed by atoms with E-state index < -0.39 is 5.41 Å². The van der Waals surface area contributed by atoms with Gasteiger partial charge in [-0.25, -0.2) is 0 Å². The van der Waals surface area contributed by atoms with Gasteiger partial charge >= 0.3 is 0 Å². The Kier molecular flexibility index (Phi) is 8.90. The molecule has 1 aromatic heterocycles. The number of carbonyl (C=O) groups is 2. The Labute approximate surface area is 224 Å². The van der Waals surface area contributed by atoms with Crippen LogP contribution in [0.25, 0.3) is 0 Å². The number of benzene rings is 1. The van der Waals surface area contributed by atoms with E-state index in [0.29, 0.717) is 58.7 Å². The molecule has 2 aromatic rings. The minimum Gasteiger partial charge on any atom is -0.494 e. The second-order valence-corrected chi connectivity index (χ2v) is 10.7. The lowest BCUT2D eigenvalue weighted by atomic mass is 9.74. The average molecular weight is 526 g/mol. The summed E-state index contributed by atoms with van der Waals surface area (Å²) in [6.45, 7) is 4.15. The number of nitrogens with one attached hydrogen (secondary N) is 1. The van der Waals surface area contributed by atoms with Crippen molar-refractivity contribution in [2.45, 2.75) is 64.0 Å². The number of aryl methyl sites for hydroxylation is 1. The Morgan fingerprint density at radius 3 is 2.74 bits per heavy atom. The van der Waals surface area contributed by atoms with Crippen LogP contribution in [0.5, 0.6) is 5.75 Å². The first-order valence-corrected chi connectivity index (χ1v) is 14.0. The van der Waals surface area contributed by atoms with Crippen LogP contribution in [0.3, 0.4) is 0 Å². The van der Waals surface area contributed by atoms with E-state index in [1.165, 1.54) is 0 Å². The molecule has 4 aliphatic rings. The fourth-order valence-electron chi connectivity index (χ4n) is 5.53. The van der Waals surface area contributed by atoms with Crippen molar-refractivity contribution in [1.29, 1.82) is 0 Å². The monoisotopic (exact) mass is 525 g/mol. The van der Waals surface area contributed by atoms with Gasteiger partial charge in [0.1, 0.15) is 12.4 Å². The first-order valence-electron chi connectivity index (χ1n) is 14.0. The number of hydrogen-bond acceptors (Lipinski definition) is 7. The summed E-state index contributed by atoms with van der Waals surface area (Å²) >= 11 is 0. The van der Waals surface area contributed by atoms with E-state index in [9.17, 15) is 9.59 Å². The second-order valence-electron chi connectivity index (χ2n) is 10.7. The van der Waals surface area contributed by atoms with Gasteiger partial charge in [-0.2, -0.15) is 0 Å². The summed E-state index contributed by atoms with van der Waals surface area (Å²) in [4.78, 5) is 28.3. The van der Waals surface area contributed by atoms with Crippen molar-refractivity contribution in [1.82, 2.24) is 25.2 Å². The van der Waals surface area contributed by atoms with Crippen LogP contribution in [0.2, 0.25) is 0 Å². The van der Waals surface area contributed by atoms with Crippen LogP contribution in [0.4, 0.5) is 0 Å². The summed E-state index contributed by atoms with van der Waals surface area (Å²) in [6, 6.07) is 8.04. The number of amides is 2. The SMILES string of the molecule is O=C(COCC1CCCCO1)N1CCC2(CC1)Cc1cn(nn1)CCCOc1ccc(cc1)CCNC2=O. The standard InChI is InChI=1S/C28H39N5O5/c34-26(21-36-20-25-4-1-2-16-38-25)32-14-10-28(11-15-32)18-23-19-33(31-30-23)13-3-17-37-24-7-5-22(6-8-24)9-12-29-27(28)35/h5-8,19,25H,1-4,9-18,20-21H2,(H,29,35). The Morgan fingerprint density at radius 1 is 1.11 bits per heavy atom. The van der Waals surface area contributed by atoms with E-state index in [-0.39, 0.29) is 24.5 Å². The van der Waals surface area contributed by atoms with Gasteiger partial charge in [-0.1, -0.05) is 17.3 Å². The molecule has 38 heavy (non-hydrogen) atoms. The number of carbonyl (C=O) groups excluding carboxylic acids is 2. The first-order chi connectivity index (χ1) is 18.6. The number of rotatable bonds is 4. The molecule has 1 spiro atoms. The number of likely N-dealkylation sites (tertiary alicyclic amines) is 1. The zero-order valence-corrected chi connectivity index (χ0v) is 22.1. The minimum atomic E-state index is -0.630. The molecule has 2 saturated heterocycles. The van der Waals surface area contributed by atoms with Crippen LogP contribution in [-0.2, 0) is 38.4 Å². The molecule has 4 bridgehead atoms. The van der Waals surface area contributed by atoms with Crippen molar-refractivity contribution < 1.29 is 23.8 Å². The largest absolute Gasteiger partial charge is 0.494 e. The maximum atomic E-state index is 13.6. The van der Waals surface area contributed by atoms with Crippen molar-refractivity contribution in [3.63, 3.8) is 0 Å². The molecular weight excluding hydrogens is 486 g/mol. The summed E-state index contributed by atoms with van der Waals surface area (Å²) in [5.41, 5.74) is 1.32. The number of ether oxygens (including phenoxy) is 3. The predicted molar refractivity (Wildman–Crippen MR) is 140 cm³/mol. The van der Waals surface area contributed by atoms with Gasteiger partial charge in [0.05, 0.1) is 30.4 Å². The zero-order valence-electron chi connectivity index (χ0n) is 22.1. The molecule has 10 nitrogen and oxygen atoms in total. The average Bonchev–Trinajstić information content (AvgIpc) is 3.39. The fraction of sp³-hybridized carbons (Fsp3) is 0.643. The highest BCUT2D eigenvalue weighted by Crippen LogP contribution is 2.35. The van der Waals surface area contributed by atoms with Crippen molar-refractivity contribution >= 4 is 11.8 Å². The molecule has 5 heterocycles. The molecule has 0 aliphatic carbocycles. The van der Waals surface area contributed by atoms with Crippen LogP contribution in [-0.4, -0.2) is 83.9 Å². The highest BCUT2D eigenvalue weighted by atomic mass is 16.5. The number of aromatic nitrogens is 3. The lowest BCUT2D eigenvalue weighted by molar-refractivity contribution is -0.144. The van der Waals surface area contributed by atoms with E-state index in [4.69, 9.17) is 14.2 Å². The Bertz CT molecular complexity index is 1060. The summed E-state index contributed by atoms with van der Waals surface area (Å²) in [5, 5.41) is 11.8. The summed E-state index contributed by atoms with van der Waals surface area (Å²) in [5.74, 6) is 0.834. The molecule has 2 fully saturated rings. The number of piperidine rings is 1. The number of fused-ring (bicyclic) bond motifs is 8. The smallest absolute Gasteiger partial charge is 0.248 e. The van der Waals surface area contributed by atoms with E-state index in [0.717, 1.165) is 55.7 Å². The maximum absolute atomic E-state index is 13.6. The van der Waals surface area contributed by atoms with Crippen molar-refractivity contribution in [3.8, 4) is 5.75 Å². The predicted octanol–water partition coefficient (Wildman–Crippen LogP) is 2.16. The van der Waals surface area contributed by atoms with Crippen LogP contribution < -0.4 is 10.1 Å². The van der Waals surface area contributed by atoms with Crippen LogP contribution in [0.15, 0.2) is 30.5 Å². The summed E-state index contributed by atoms with van der Waals surface area (Å²) in [7, 11) is 0. The lowest BCUT2D eigenvalue weighted by Gasteiger charge is -2.40. The summed E-state index contributed by atoms with van der Waals surface area (Å²) in [6.07, 6.45) is 8.45. The number of nitrogens with zero attached hydrogens (tertiary/aromatic N) is 4. The minimum absolute atomic E-state index is 0.0223. The molecule has 0 radical (unpaired) electrons. The van der Waals surface area contributed by atoms with Gasteiger partial charge in [-0.15, -0.1) is 5.10 Å². The Morgan fingerprint density at radius 2 is 1.95 bits per heavy atom. The van der Waals surface area contributed by atoms with Gasteiger partial charge in [-0.3, -0.25) is 14.3 Å². The third-order valence-electron chi connectivity index (χ3n) is 7.89. The van der Waals surface area contributed by atoms with Crippen LogP contribution >= 0.6 is 0 Å². The number of hydrogen-bond donors (Lipinski definition) is 1. The second kappa shape index (κ2) is 12.7. The molecule has 2 amide bonds. The molecule has 0 saturated carbocycles. The molecule has 1 atom stereocenters. The zero-order chi connectivity index (χ0) is 26.2. The van der Waals surface area contributed by atoms with E-state index in [1.54, 1.807) is 0 Å². The third-order valence-corrected chi connectivity index (χ3v) is 7.89. The van der Waals surface area contributed by atoms with E-state index in [1.807, 2.05) is 40.0 Å². The Balaban J connectivity index is 1.21. The maximum Gasteiger partial charge on any atom is 0.248 e. The van der Waals surface area contributed by atoms with Gasteiger partial charge in [0, 0.05) is 51.8 Å². The quantitative estimate of drug-likeness (QED) is 0.652. The van der Waals surface area contributed by atoms with Crippen molar-refractivity contribution in [2.75, 3.05) is 46.1 Å². The van der Waals surface area contributed by atoms with Gasteiger partial charge < -0.3 is 24.4 Å². The molecule has 6 rings (SSSR count). The summed E-state index contributed by atoms with van der Waals surface area (Å²) < 4.78 is 19.0. The fourth-order valence-corrected chi connectivity index (χ4v) is 5.53. The highest BCUT2D eigenvalue weighted by molar-refractivity contribution is 5.84. The molecule has 1 aromatic carbocycles. The van der Waals surface area contributed by atoms with Crippen molar-refractivity contribution in [2.24, 2.45) is 5.41 Å². The third kappa shape index (κ3) is 6.91. The molecule has 4 aliphatic heterocycles. The Hall–Kier alpha value is -2.98. The molecule has 1 unspecified atom stereocenters. The first kappa shape index (κ1) is 26.6. The molecular formula is C28H39N5O5.